The van der Waals surface area contributed by atoms with E-state index in [1.54, 1.807) is 0 Å². The van der Waals surface area contributed by atoms with E-state index in [1.807, 2.05) is 13.8 Å². The zero-order chi connectivity index (χ0) is 12.3. The van der Waals surface area contributed by atoms with Gasteiger partial charge in [0.15, 0.2) is 11.6 Å². The highest BCUT2D eigenvalue weighted by atomic mass is 19.1. The van der Waals surface area contributed by atoms with Gasteiger partial charge in [0.2, 0.25) is 0 Å². The Labute approximate surface area is 101 Å². The van der Waals surface area contributed by atoms with E-state index in [4.69, 9.17) is 4.74 Å². The lowest BCUT2D eigenvalue weighted by Crippen LogP contribution is -2.27. The van der Waals surface area contributed by atoms with Crippen LogP contribution < -0.4 is 5.32 Å². The standard InChI is InChI=1S/C12H18FN3O/c1-3-10-11(13)12(15-7-14-10)16-8(2)9-4-5-17-6-9/h7-9H,3-6H2,1-2H3,(H,14,15,16). The first-order valence-corrected chi connectivity index (χ1v) is 6.06. The van der Waals surface area contributed by atoms with Gasteiger partial charge in [0.1, 0.15) is 6.33 Å². The summed E-state index contributed by atoms with van der Waals surface area (Å²) in [6.45, 7) is 5.45. The van der Waals surface area contributed by atoms with Crippen LogP contribution in [0.25, 0.3) is 0 Å². The van der Waals surface area contributed by atoms with Crippen molar-refractivity contribution in [3.8, 4) is 0 Å². The maximum Gasteiger partial charge on any atom is 0.186 e. The number of aromatic nitrogens is 2. The summed E-state index contributed by atoms with van der Waals surface area (Å²) in [4.78, 5) is 7.87. The fraction of sp³-hybridized carbons (Fsp3) is 0.667. The van der Waals surface area contributed by atoms with Gasteiger partial charge in [0, 0.05) is 18.6 Å². The van der Waals surface area contributed by atoms with Crippen molar-refractivity contribution in [2.45, 2.75) is 32.7 Å². The van der Waals surface area contributed by atoms with Gasteiger partial charge in [-0.3, -0.25) is 0 Å². The summed E-state index contributed by atoms with van der Waals surface area (Å²) in [5.74, 6) is 0.395. The first-order chi connectivity index (χ1) is 8.22. The van der Waals surface area contributed by atoms with Gasteiger partial charge < -0.3 is 10.1 Å². The summed E-state index contributed by atoms with van der Waals surface area (Å²) in [7, 11) is 0. The monoisotopic (exact) mass is 239 g/mol. The van der Waals surface area contributed by atoms with E-state index in [-0.39, 0.29) is 11.9 Å². The highest BCUT2D eigenvalue weighted by molar-refractivity contribution is 5.38. The van der Waals surface area contributed by atoms with E-state index in [9.17, 15) is 4.39 Å². The number of nitrogens with zero attached hydrogens (tertiary/aromatic N) is 2. The van der Waals surface area contributed by atoms with E-state index >= 15 is 0 Å². The van der Waals surface area contributed by atoms with Crippen molar-refractivity contribution in [1.82, 2.24) is 9.97 Å². The number of aryl methyl sites for hydroxylation is 1. The Bertz CT molecular complexity index is 380. The molecule has 94 valence electrons. The molecule has 1 saturated heterocycles. The van der Waals surface area contributed by atoms with Gasteiger partial charge in [-0.05, 0) is 19.8 Å². The minimum atomic E-state index is -0.333. The first-order valence-electron chi connectivity index (χ1n) is 6.06. The molecule has 4 nitrogen and oxygen atoms in total. The van der Waals surface area contributed by atoms with Crippen LogP contribution in [0.1, 0.15) is 26.0 Å². The fourth-order valence-electron chi connectivity index (χ4n) is 2.03. The predicted octanol–water partition coefficient (Wildman–Crippen LogP) is 2.01. The van der Waals surface area contributed by atoms with E-state index in [2.05, 4.69) is 15.3 Å². The van der Waals surface area contributed by atoms with Crippen LogP contribution in [0.5, 0.6) is 0 Å². The van der Waals surface area contributed by atoms with E-state index in [0.717, 1.165) is 19.6 Å². The van der Waals surface area contributed by atoms with Gasteiger partial charge in [0.25, 0.3) is 0 Å². The van der Waals surface area contributed by atoms with Crippen LogP contribution in [0.2, 0.25) is 0 Å². The Balaban J connectivity index is 2.07. The molecule has 0 saturated carbocycles. The van der Waals surface area contributed by atoms with E-state index in [0.29, 0.717) is 23.9 Å². The third-order valence-electron chi connectivity index (χ3n) is 3.23. The van der Waals surface area contributed by atoms with Crippen molar-refractivity contribution in [1.29, 1.82) is 0 Å². The minimum absolute atomic E-state index is 0.159. The molecule has 0 aliphatic carbocycles. The normalized spacial score (nSPS) is 21.5. The molecule has 5 heteroatoms. The zero-order valence-electron chi connectivity index (χ0n) is 10.2. The molecule has 1 aliphatic rings. The predicted molar refractivity (Wildman–Crippen MR) is 63.4 cm³/mol. The maximum absolute atomic E-state index is 13.9. The van der Waals surface area contributed by atoms with Crippen LogP contribution in [-0.2, 0) is 11.2 Å². The van der Waals surface area contributed by atoms with Crippen LogP contribution in [0.4, 0.5) is 10.2 Å². The SMILES string of the molecule is CCc1ncnc(NC(C)C2CCOC2)c1F. The third kappa shape index (κ3) is 2.72. The zero-order valence-corrected chi connectivity index (χ0v) is 10.2. The molecule has 0 amide bonds. The van der Waals surface area contributed by atoms with Gasteiger partial charge in [0.05, 0.1) is 12.3 Å². The molecule has 1 aromatic heterocycles. The Morgan fingerprint density at radius 2 is 2.41 bits per heavy atom. The summed E-state index contributed by atoms with van der Waals surface area (Å²) in [5, 5.41) is 3.12. The molecule has 0 bridgehead atoms. The van der Waals surface area contributed by atoms with E-state index < -0.39 is 0 Å². The molecule has 2 heterocycles. The first kappa shape index (κ1) is 12.2. The van der Waals surface area contributed by atoms with Crippen molar-refractivity contribution in [3.05, 3.63) is 17.8 Å². The highest BCUT2D eigenvalue weighted by Gasteiger charge is 2.23. The second-order valence-electron chi connectivity index (χ2n) is 4.39. The van der Waals surface area contributed by atoms with Crippen LogP contribution >= 0.6 is 0 Å². The number of rotatable bonds is 4. The second-order valence-corrected chi connectivity index (χ2v) is 4.39. The van der Waals surface area contributed by atoms with Crippen molar-refractivity contribution in [3.63, 3.8) is 0 Å². The van der Waals surface area contributed by atoms with Gasteiger partial charge >= 0.3 is 0 Å². The summed E-state index contributed by atoms with van der Waals surface area (Å²) in [5.41, 5.74) is 0.456. The number of hydrogen-bond donors (Lipinski definition) is 1. The van der Waals surface area contributed by atoms with Crippen LogP contribution in [0.15, 0.2) is 6.33 Å². The number of anilines is 1. The molecule has 1 aromatic rings. The minimum Gasteiger partial charge on any atom is -0.381 e. The highest BCUT2D eigenvalue weighted by Crippen LogP contribution is 2.21. The molecular weight excluding hydrogens is 221 g/mol. The fourth-order valence-corrected chi connectivity index (χ4v) is 2.03. The topological polar surface area (TPSA) is 47.0 Å². The Kier molecular flexibility index (Phi) is 3.89. The molecule has 0 spiro atoms. The van der Waals surface area contributed by atoms with Gasteiger partial charge in [-0.15, -0.1) is 0 Å². The molecule has 0 radical (unpaired) electrons. The Morgan fingerprint density at radius 3 is 3.06 bits per heavy atom. The lowest BCUT2D eigenvalue weighted by atomic mass is 10.0. The largest absolute Gasteiger partial charge is 0.381 e. The maximum atomic E-state index is 13.9. The summed E-state index contributed by atoms with van der Waals surface area (Å²) in [6.07, 6.45) is 2.99. The van der Waals surface area contributed by atoms with Crippen LogP contribution in [0, 0.1) is 11.7 Å². The number of hydrogen-bond acceptors (Lipinski definition) is 4. The molecule has 2 unspecified atom stereocenters. The molecule has 1 fully saturated rings. The molecule has 2 atom stereocenters. The van der Waals surface area contributed by atoms with Crippen molar-refractivity contribution in [2.24, 2.45) is 5.92 Å². The average molecular weight is 239 g/mol. The van der Waals surface area contributed by atoms with Crippen molar-refractivity contribution in [2.75, 3.05) is 18.5 Å². The molecule has 2 rings (SSSR count). The molecule has 1 N–H and O–H groups in total. The molecule has 1 aliphatic heterocycles. The van der Waals surface area contributed by atoms with Crippen molar-refractivity contribution < 1.29 is 9.13 Å². The Hall–Kier alpha value is -1.23. The van der Waals surface area contributed by atoms with Gasteiger partial charge in [-0.25, -0.2) is 14.4 Å². The van der Waals surface area contributed by atoms with Crippen molar-refractivity contribution >= 4 is 5.82 Å². The van der Waals surface area contributed by atoms with Crippen LogP contribution in [0.3, 0.4) is 0 Å². The lowest BCUT2D eigenvalue weighted by Gasteiger charge is -2.20. The second kappa shape index (κ2) is 5.40. The smallest absolute Gasteiger partial charge is 0.186 e. The summed E-state index contributed by atoms with van der Waals surface area (Å²) >= 11 is 0. The van der Waals surface area contributed by atoms with Gasteiger partial charge in [-0.1, -0.05) is 6.92 Å². The third-order valence-corrected chi connectivity index (χ3v) is 3.23. The number of nitrogens with one attached hydrogen (secondary N) is 1. The Morgan fingerprint density at radius 1 is 1.59 bits per heavy atom. The summed E-state index contributed by atoms with van der Waals surface area (Å²) in [6, 6.07) is 0.159. The van der Waals surface area contributed by atoms with Crippen LogP contribution in [-0.4, -0.2) is 29.2 Å². The lowest BCUT2D eigenvalue weighted by molar-refractivity contribution is 0.183. The number of halogens is 1. The molecule has 0 aromatic carbocycles. The quantitative estimate of drug-likeness (QED) is 0.873. The number of ether oxygens (including phenoxy) is 1. The summed E-state index contributed by atoms with van der Waals surface area (Å²) < 4.78 is 19.2. The van der Waals surface area contributed by atoms with E-state index in [1.165, 1.54) is 6.33 Å². The molecular formula is C12H18FN3O. The van der Waals surface area contributed by atoms with Gasteiger partial charge in [-0.2, -0.15) is 0 Å². The molecule has 17 heavy (non-hydrogen) atoms. The average Bonchev–Trinajstić information content (AvgIpc) is 2.85.